The van der Waals surface area contributed by atoms with E-state index in [4.69, 9.17) is 0 Å². The first-order chi connectivity index (χ1) is 6.63. The molecule has 1 rings (SSSR count). The first kappa shape index (κ1) is 11.4. The van der Waals surface area contributed by atoms with E-state index in [9.17, 15) is 13.6 Å². The third-order valence-electron chi connectivity index (χ3n) is 2.49. The van der Waals surface area contributed by atoms with Crippen LogP contribution in [0.1, 0.15) is 26.2 Å². The summed E-state index contributed by atoms with van der Waals surface area (Å²) in [5, 5.41) is 2.82. The summed E-state index contributed by atoms with van der Waals surface area (Å²) in [6.07, 6.45) is 1.70. The summed E-state index contributed by atoms with van der Waals surface area (Å²) < 4.78 is 24.4. The molecular formula is C9H16F2N2O. The summed E-state index contributed by atoms with van der Waals surface area (Å²) in [6, 6.07) is 0.0810. The van der Waals surface area contributed by atoms with E-state index in [0.29, 0.717) is 32.4 Å². The van der Waals surface area contributed by atoms with Gasteiger partial charge in [0.05, 0.1) is 0 Å². The molecule has 1 fully saturated rings. The van der Waals surface area contributed by atoms with Gasteiger partial charge in [-0.15, -0.1) is 0 Å². The Hall–Kier alpha value is -0.710. The van der Waals surface area contributed by atoms with Gasteiger partial charge in [0.15, 0.2) is 0 Å². The predicted octanol–water partition coefficient (Wildman–Crippen LogP) is 1.20. The van der Waals surface area contributed by atoms with Crippen LogP contribution in [0.4, 0.5) is 8.78 Å². The van der Waals surface area contributed by atoms with Crippen LogP contribution >= 0.6 is 0 Å². The van der Waals surface area contributed by atoms with E-state index in [-0.39, 0.29) is 11.9 Å². The molecule has 0 saturated carbocycles. The molecule has 0 bridgehead atoms. The fraction of sp³-hybridized carbons (Fsp3) is 0.889. The quantitative estimate of drug-likeness (QED) is 0.704. The molecule has 1 amide bonds. The Bertz CT molecular complexity index is 191. The number of piperidine rings is 1. The average molecular weight is 206 g/mol. The Morgan fingerprint density at radius 2 is 2.07 bits per heavy atom. The van der Waals surface area contributed by atoms with E-state index in [1.165, 1.54) is 0 Å². The van der Waals surface area contributed by atoms with Crippen LogP contribution in [0.25, 0.3) is 0 Å². The zero-order valence-corrected chi connectivity index (χ0v) is 8.30. The number of hydrogen-bond acceptors (Lipinski definition) is 2. The van der Waals surface area contributed by atoms with Crippen molar-refractivity contribution in [1.29, 1.82) is 0 Å². The number of carbonyl (C=O) groups excluding carboxylic acids is 1. The second kappa shape index (κ2) is 5.24. The van der Waals surface area contributed by atoms with Crippen molar-refractivity contribution in [3.63, 3.8) is 0 Å². The topological polar surface area (TPSA) is 32.3 Å². The highest BCUT2D eigenvalue weighted by Crippen LogP contribution is 2.14. The smallest absolute Gasteiger partial charge is 0.294 e. The number of carbonyl (C=O) groups is 1. The maximum Gasteiger partial charge on any atom is 0.294 e. The lowest BCUT2D eigenvalue weighted by Crippen LogP contribution is -2.45. The second-order valence-corrected chi connectivity index (χ2v) is 3.51. The van der Waals surface area contributed by atoms with Crippen molar-refractivity contribution in [2.75, 3.05) is 13.1 Å². The van der Waals surface area contributed by atoms with E-state index in [0.717, 1.165) is 4.90 Å². The van der Waals surface area contributed by atoms with Crippen molar-refractivity contribution >= 4 is 5.91 Å². The summed E-state index contributed by atoms with van der Waals surface area (Å²) >= 11 is 0. The van der Waals surface area contributed by atoms with Crippen LogP contribution in [0.2, 0.25) is 0 Å². The van der Waals surface area contributed by atoms with Gasteiger partial charge < -0.3 is 5.32 Å². The first-order valence-electron chi connectivity index (χ1n) is 4.95. The van der Waals surface area contributed by atoms with Crippen molar-refractivity contribution in [3.05, 3.63) is 0 Å². The molecule has 0 aromatic heterocycles. The van der Waals surface area contributed by atoms with Crippen molar-refractivity contribution in [3.8, 4) is 0 Å². The molecule has 3 nitrogen and oxygen atoms in total. The predicted molar refractivity (Wildman–Crippen MR) is 49.0 cm³/mol. The standard InChI is InChI=1S/C9H16F2N2O/c1-2-8(14)12-7-3-5-13(6-4-7)9(10)11/h7,9H,2-6H2,1H3,(H,12,14). The van der Waals surface area contributed by atoms with Crippen LogP contribution in [-0.4, -0.2) is 36.5 Å². The van der Waals surface area contributed by atoms with E-state index < -0.39 is 6.55 Å². The largest absolute Gasteiger partial charge is 0.353 e. The molecule has 0 unspecified atom stereocenters. The Morgan fingerprint density at radius 1 is 1.50 bits per heavy atom. The highest BCUT2D eigenvalue weighted by Gasteiger charge is 2.24. The number of nitrogens with one attached hydrogen (secondary N) is 1. The first-order valence-corrected chi connectivity index (χ1v) is 4.95. The molecule has 1 aliphatic rings. The number of nitrogens with zero attached hydrogens (tertiary/aromatic N) is 1. The van der Waals surface area contributed by atoms with Crippen LogP contribution in [0.5, 0.6) is 0 Å². The molecule has 82 valence electrons. The summed E-state index contributed by atoms with van der Waals surface area (Å²) in [6.45, 7) is 0.153. The zero-order chi connectivity index (χ0) is 10.6. The van der Waals surface area contributed by atoms with E-state index >= 15 is 0 Å². The highest BCUT2D eigenvalue weighted by molar-refractivity contribution is 5.75. The molecule has 1 aliphatic heterocycles. The van der Waals surface area contributed by atoms with Gasteiger partial charge in [0.1, 0.15) is 0 Å². The molecule has 14 heavy (non-hydrogen) atoms. The summed E-state index contributed by atoms with van der Waals surface area (Å²) in [7, 11) is 0. The fourth-order valence-corrected chi connectivity index (χ4v) is 1.57. The van der Waals surface area contributed by atoms with Crippen LogP contribution in [0.15, 0.2) is 0 Å². The van der Waals surface area contributed by atoms with Crippen LogP contribution in [-0.2, 0) is 4.79 Å². The molecule has 1 heterocycles. The lowest BCUT2D eigenvalue weighted by molar-refractivity contribution is -0.122. The Morgan fingerprint density at radius 3 is 2.50 bits per heavy atom. The molecule has 0 aliphatic carbocycles. The van der Waals surface area contributed by atoms with Gasteiger partial charge in [-0.05, 0) is 12.8 Å². The normalized spacial score (nSPS) is 20.0. The van der Waals surface area contributed by atoms with Gasteiger partial charge in [0, 0.05) is 25.6 Å². The van der Waals surface area contributed by atoms with E-state index in [1.54, 1.807) is 6.92 Å². The summed E-state index contributed by atoms with van der Waals surface area (Å²) in [4.78, 5) is 12.2. The SMILES string of the molecule is CCC(=O)NC1CCN(C(F)F)CC1. The van der Waals surface area contributed by atoms with Crippen molar-refractivity contribution in [2.45, 2.75) is 38.8 Å². The van der Waals surface area contributed by atoms with Gasteiger partial charge in [-0.1, -0.05) is 6.92 Å². The fourth-order valence-electron chi connectivity index (χ4n) is 1.57. The molecule has 0 spiro atoms. The molecule has 1 saturated heterocycles. The third kappa shape index (κ3) is 3.21. The van der Waals surface area contributed by atoms with Crippen LogP contribution in [0, 0.1) is 0 Å². The lowest BCUT2D eigenvalue weighted by atomic mass is 10.1. The number of amides is 1. The van der Waals surface area contributed by atoms with Crippen LogP contribution in [0.3, 0.4) is 0 Å². The van der Waals surface area contributed by atoms with Gasteiger partial charge in [-0.2, -0.15) is 8.78 Å². The van der Waals surface area contributed by atoms with Crippen molar-refractivity contribution in [1.82, 2.24) is 10.2 Å². The van der Waals surface area contributed by atoms with Crippen molar-refractivity contribution < 1.29 is 13.6 Å². The maximum absolute atomic E-state index is 12.2. The summed E-state index contributed by atoms with van der Waals surface area (Å²) in [5.74, 6) is 0.000460. The van der Waals surface area contributed by atoms with E-state index in [2.05, 4.69) is 5.32 Å². The highest BCUT2D eigenvalue weighted by atomic mass is 19.3. The number of rotatable bonds is 3. The molecule has 0 aromatic rings. The Kier molecular flexibility index (Phi) is 4.25. The Labute approximate surface area is 82.5 Å². The minimum atomic E-state index is -2.36. The second-order valence-electron chi connectivity index (χ2n) is 3.51. The maximum atomic E-state index is 12.2. The minimum Gasteiger partial charge on any atom is -0.353 e. The van der Waals surface area contributed by atoms with Crippen molar-refractivity contribution in [2.24, 2.45) is 0 Å². The molecule has 0 aromatic carbocycles. The molecular weight excluding hydrogens is 190 g/mol. The number of halogens is 2. The van der Waals surface area contributed by atoms with Gasteiger partial charge in [-0.3, -0.25) is 4.79 Å². The molecule has 1 N–H and O–H groups in total. The van der Waals surface area contributed by atoms with Gasteiger partial charge >= 0.3 is 0 Å². The van der Waals surface area contributed by atoms with Gasteiger partial charge in [-0.25, -0.2) is 4.90 Å². The van der Waals surface area contributed by atoms with E-state index in [1.807, 2.05) is 0 Å². The summed E-state index contributed by atoms with van der Waals surface area (Å²) in [5.41, 5.74) is 0. The lowest BCUT2D eigenvalue weighted by Gasteiger charge is -2.31. The molecule has 5 heteroatoms. The van der Waals surface area contributed by atoms with Gasteiger partial charge in [0.2, 0.25) is 5.91 Å². The third-order valence-corrected chi connectivity index (χ3v) is 2.49. The Balaban J connectivity index is 2.25. The van der Waals surface area contributed by atoms with Gasteiger partial charge in [0.25, 0.3) is 6.55 Å². The zero-order valence-electron chi connectivity index (χ0n) is 8.30. The number of alkyl halides is 2. The average Bonchev–Trinajstić information content (AvgIpc) is 2.18. The number of likely N-dealkylation sites (tertiary alicyclic amines) is 1. The molecule has 0 radical (unpaired) electrons. The monoisotopic (exact) mass is 206 g/mol. The minimum absolute atomic E-state index is 0.000460. The number of hydrogen-bond donors (Lipinski definition) is 1. The van der Waals surface area contributed by atoms with Crippen LogP contribution < -0.4 is 5.32 Å². The molecule has 0 atom stereocenters.